The molecule has 3 aromatic carbocycles. The monoisotopic (exact) mass is 286 g/mol. The van der Waals surface area contributed by atoms with Crippen LogP contribution in [0.2, 0.25) is 0 Å². The molecule has 0 aromatic heterocycles. The van der Waals surface area contributed by atoms with Crippen molar-refractivity contribution in [3.8, 4) is 22.3 Å². The fraction of sp³-hybridized carbons (Fsp3) is 0.0500. The van der Waals surface area contributed by atoms with Crippen LogP contribution in [0.5, 0.6) is 0 Å². The van der Waals surface area contributed by atoms with Gasteiger partial charge >= 0.3 is 5.97 Å². The summed E-state index contributed by atoms with van der Waals surface area (Å²) >= 11 is 0. The van der Waals surface area contributed by atoms with Gasteiger partial charge in [-0.3, -0.25) is 0 Å². The van der Waals surface area contributed by atoms with Gasteiger partial charge < -0.3 is 5.11 Å². The van der Waals surface area contributed by atoms with Crippen molar-refractivity contribution < 1.29 is 9.90 Å². The lowest BCUT2D eigenvalue weighted by Crippen LogP contribution is -1.95. The van der Waals surface area contributed by atoms with Crippen molar-refractivity contribution in [2.24, 2.45) is 0 Å². The number of carboxylic acid groups (broad SMARTS) is 1. The second kappa shape index (κ2) is 4.85. The summed E-state index contributed by atoms with van der Waals surface area (Å²) in [5.74, 6) is -0.891. The second-order valence-corrected chi connectivity index (χ2v) is 5.55. The Hall–Kier alpha value is -2.87. The predicted molar refractivity (Wildman–Crippen MR) is 87.1 cm³/mol. The van der Waals surface area contributed by atoms with Gasteiger partial charge in [0.15, 0.2) is 0 Å². The van der Waals surface area contributed by atoms with Crippen LogP contribution in [0.1, 0.15) is 21.5 Å². The van der Waals surface area contributed by atoms with Crippen LogP contribution in [0.15, 0.2) is 66.7 Å². The van der Waals surface area contributed by atoms with E-state index in [2.05, 4.69) is 42.5 Å². The van der Waals surface area contributed by atoms with Crippen molar-refractivity contribution >= 4 is 5.97 Å². The summed E-state index contributed by atoms with van der Waals surface area (Å²) in [6, 6.07) is 21.9. The van der Waals surface area contributed by atoms with E-state index in [1.54, 1.807) is 12.1 Å². The van der Waals surface area contributed by atoms with Crippen LogP contribution >= 0.6 is 0 Å². The molecule has 2 nitrogen and oxygen atoms in total. The molecule has 1 aliphatic carbocycles. The smallest absolute Gasteiger partial charge is 0.335 e. The Balaban J connectivity index is 1.84. The Kier molecular flexibility index (Phi) is 2.83. The molecule has 3 aromatic rings. The van der Waals surface area contributed by atoms with Crippen molar-refractivity contribution in [2.75, 3.05) is 0 Å². The molecule has 4 rings (SSSR count). The molecule has 0 heterocycles. The third-order valence-corrected chi connectivity index (χ3v) is 4.29. The van der Waals surface area contributed by atoms with Crippen molar-refractivity contribution in [2.45, 2.75) is 6.42 Å². The fourth-order valence-electron chi connectivity index (χ4n) is 3.22. The van der Waals surface area contributed by atoms with Crippen LogP contribution in [0.4, 0.5) is 0 Å². The molecule has 0 bridgehead atoms. The minimum atomic E-state index is -0.891. The van der Waals surface area contributed by atoms with E-state index in [9.17, 15) is 4.79 Å². The molecule has 0 radical (unpaired) electrons. The highest BCUT2D eigenvalue weighted by Crippen LogP contribution is 2.41. The maximum atomic E-state index is 11.0. The van der Waals surface area contributed by atoms with Gasteiger partial charge in [0.25, 0.3) is 0 Å². The summed E-state index contributed by atoms with van der Waals surface area (Å²) in [6.45, 7) is 0. The maximum Gasteiger partial charge on any atom is 0.335 e. The third kappa shape index (κ3) is 1.92. The Labute approximate surface area is 128 Å². The summed E-state index contributed by atoms with van der Waals surface area (Å²) in [5, 5.41) is 9.02. The molecule has 2 heteroatoms. The lowest BCUT2D eigenvalue weighted by atomic mass is 9.95. The SMILES string of the molecule is O=C(O)c1ccc(-c2cccc3c2Cc2ccccc2-3)cc1. The van der Waals surface area contributed by atoms with Gasteiger partial charge in [-0.05, 0) is 51.9 Å². The first kappa shape index (κ1) is 12.8. The van der Waals surface area contributed by atoms with Crippen LogP contribution in [0.25, 0.3) is 22.3 Å². The summed E-state index contributed by atoms with van der Waals surface area (Å²) in [4.78, 5) is 11.0. The number of hydrogen-bond donors (Lipinski definition) is 1. The number of fused-ring (bicyclic) bond motifs is 3. The Morgan fingerprint density at radius 1 is 0.773 bits per heavy atom. The maximum absolute atomic E-state index is 11.0. The molecule has 0 atom stereocenters. The Bertz CT molecular complexity index is 876. The highest BCUT2D eigenvalue weighted by atomic mass is 16.4. The number of benzene rings is 3. The largest absolute Gasteiger partial charge is 0.478 e. The zero-order valence-electron chi connectivity index (χ0n) is 11.9. The molecule has 22 heavy (non-hydrogen) atoms. The van der Waals surface area contributed by atoms with Gasteiger partial charge in [-0.1, -0.05) is 54.6 Å². The predicted octanol–water partition coefficient (Wildman–Crippen LogP) is 4.62. The second-order valence-electron chi connectivity index (χ2n) is 5.55. The van der Waals surface area contributed by atoms with Crippen LogP contribution in [-0.2, 0) is 6.42 Å². The number of rotatable bonds is 2. The minimum absolute atomic E-state index is 0.319. The van der Waals surface area contributed by atoms with E-state index >= 15 is 0 Å². The highest BCUT2D eigenvalue weighted by molar-refractivity contribution is 5.89. The molecule has 106 valence electrons. The van der Waals surface area contributed by atoms with Gasteiger partial charge in [0.05, 0.1) is 5.56 Å². The van der Waals surface area contributed by atoms with Gasteiger partial charge in [0, 0.05) is 0 Å². The van der Waals surface area contributed by atoms with Gasteiger partial charge in [0.1, 0.15) is 0 Å². The first-order chi connectivity index (χ1) is 10.7. The number of carboxylic acids is 1. The molecule has 0 amide bonds. The number of hydrogen-bond acceptors (Lipinski definition) is 1. The molecule has 0 fully saturated rings. The van der Waals surface area contributed by atoms with E-state index in [1.165, 1.54) is 27.8 Å². The van der Waals surface area contributed by atoms with Gasteiger partial charge in [0.2, 0.25) is 0 Å². The van der Waals surface area contributed by atoms with E-state index < -0.39 is 5.97 Å². The first-order valence-electron chi connectivity index (χ1n) is 7.28. The number of aromatic carboxylic acids is 1. The Morgan fingerprint density at radius 2 is 1.45 bits per heavy atom. The van der Waals surface area contributed by atoms with Crippen molar-refractivity contribution in [1.82, 2.24) is 0 Å². The van der Waals surface area contributed by atoms with Crippen LogP contribution in [-0.4, -0.2) is 11.1 Å². The average Bonchev–Trinajstić information content (AvgIpc) is 2.93. The van der Waals surface area contributed by atoms with E-state index in [-0.39, 0.29) is 0 Å². The standard InChI is InChI=1S/C20H14O2/c21-20(22)14-10-8-13(9-11-14)16-6-3-7-18-17-5-2-1-4-15(17)12-19(16)18/h1-11H,12H2,(H,21,22). The van der Waals surface area contributed by atoms with Crippen LogP contribution < -0.4 is 0 Å². The molecule has 0 saturated carbocycles. The summed E-state index contributed by atoms with van der Waals surface area (Å²) in [6.07, 6.45) is 0.933. The van der Waals surface area contributed by atoms with E-state index in [0.29, 0.717) is 5.56 Å². The summed E-state index contributed by atoms with van der Waals surface area (Å²) in [5.41, 5.74) is 7.84. The first-order valence-corrected chi connectivity index (χ1v) is 7.28. The van der Waals surface area contributed by atoms with E-state index in [4.69, 9.17) is 5.11 Å². The van der Waals surface area contributed by atoms with Crippen LogP contribution in [0.3, 0.4) is 0 Å². The average molecular weight is 286 g/mol. The Morgan fingerprint density at radius 3 is 2.23 bits per heavy atom. The lowest BCUT2D eigenvalue weighted by molar-refractivity contribution is 0.0697. The molecule has 1 aliphatic rings. The number of carbonyl (C=O) groups is 1. The quantitative estimate of drug-likeness (QED) is 0.583. The molecule has 0 unspecified atom stereocenters. The van der Waals surface area contributed by atoms with Crippen molar-refractivity contribution in [3.63, 3.8) is 0 Å². The van der Waals surface area contributed by atoms with Crippen molar-refractivity contribution in [1.29, 1.82) is 0 Å². The van der Waals surface area contributed by atoms with Crippen LogP contribution in [0, 0.1) is 0 Å². The molecular formula is C20H14O2. The van der Waals surface area contributed by atoms with Crippen molar-refractivity contribution in [3.05, 3.63) is 83.4 Å². The summed E-state index contributed by atoms with van der Waals surface area (Å²) < 4.78 is 0. The summed E-state index contributed by atoms with van der Waals surface area (Å²) in [7, 11) is 0. The zero-order valence-corrected chi connectivity index (χ0v) is 11.9. The van der Waals surface area contributed by atoms with E-state index in [0.717, 1.165) is 12.0 Å². The lowest BCUT2D eigenvalue weighted by Gasteiger charge is -2.09. The topological polar surface area (TPSA) is 37.3 Å². The fourth-order valence-corrected chi connectivity index (χ4v) is 3.22. The molecule has 0 saturated heterocycles. The molecule has 0 aliphatic heterocycles. The molecular weight excluding hydrogens is 272 g/mol. The molecule has 1 N–H and O–H groups in total. The van der Waals surface area contributed by atoms with E-state index in [1.807, 2.05) is 12.1 Å². The van der Waals surface area contributed by atoms with Gasteiger partial charge in [-0.15, -0.1) is 0 Å². The highest BCUT2D eigenvalue weighted by Gasteiger charge is 2.20. The van der Waals surface area contributed by atoms with Gasteiger partial charge in [-0.25, -0.2) is 4.79 Å². The molecule has 0 spiro atoms. The third-order valence-electron chi connectivity index (χ3n) is 4.29. The zero-order chi connectivity index (χ0) is 15.1. The van der Waals surface area contributed by atoms with Gasteiger partial charge in [-0.2, -0.15) is 0 Å². The normalized spacial score (nSPS) is 11.8. The minimum Gasteiger partial charge on any atom is -0.478 e.